The number of amides is 1. The quantitative estimate of drug-likeness (QED) is 0.266. The molecule has 4 rings (SSSR count). The lowest BCUT2D eigenvalue weighted by Gasteiger charge is -2.10. The van der Waals surface area contributed by atoms with E-state index >= 15 is 0 Å². The first-order valence-electron chi connectivity index (χ1n) is 10.9. The Kier molecular flexibility index (Phi) is 7.84. The average Bonchev–Trinajstić information content (AvgIpc) is 3.31. The molecule has 0 spiro atoms. The van der Waals surface area contributed by atoms with Gasteiger partial charge in [0.2, 0.25) is 5.91 Å². The van der Waals surface area contributed by atoms with Crippen LogP contribution in [0.1, 0.15) is 23.7 Å². The Labute approximate surface area is 205 Å². The van der Waals surface area contributed by atoms with Crippen molar-refractivity contribution < 1.29 is 18.7 Å². The predicted octanol–water partition coefficient (Wildman–Crippen LogP) is 4.77. The van der Waals surface area contributed by atoms with Crippen LogP contribution in [0.2, 0.25) is 0 Å². The summed E-state index contributed by atoms with van der Waals surface area (Å²) in [6.45, 7) is 2.28. The topological polar surface area (TPSA) is 99.0 Å². The van der Waals surface area contributed by atoms with Crippen molar-refractivity contribution >= 4 is 29.3 Å². The summed E-state index contributed by atoms with van der Waals surface area (Å²) in [5.41, 5.74) is 2.42. The van der Waals surface area contributed by atoms with Gasteiger partial charge in [0.05, 0.1) is 17.9 Å². The number of carbonyl (C=O) groups excluding carboxylic acids is 2. The minimum absolute atomic E-state index is 0.0654. The van der Waals surface area contributed by atoms with Crippen molar-refractivity contribution in [3.63, 3.8) is 0 Å². The lowest BCUT2D eigenvalue weighted by atomic mass is 10.2. The van der Waals surface area contributed by atoms with Crippen molar-refractivity contribution in [2.24, 2.45) is 0 Å². The van der Waals surface area contributed by atoms with Gasteiger partial charge in [-0.05, 0) is 67.1 Å². The lowest BCUT2D eigenvalue weighted by molar-refractivity contribution is -0.113. The molecule has 8 nitrogen and oxygen atoms in total. The van der Waals surface area contributed by atoms with E-state index in [-0.39, 0.29) is 17.5 Å². The van der Waals surface area contributed by atoms with Crippen LogP contribution in [0, 0.1) is 5.82 Å². The number of thioether (sulfide) groups is 1. The second kappa shape index (κ2) is 11.4. The molecule has 0 atom stereocenters. The first kappa shape index (κ1) is 24.1. The van der Waals surface area contributed by atoms with E-state index in [0.717, 1.165) is 12.0 Å². The molecule has 0 fully saturated rings. The minimum atomic E-state index is -0.398. The van der Waals surface area contributed by atoms with Crippen molar-refractivity contribution in [1.82, 2.24) is 19.7 Å². The molecule has 4 aromatic rings. The van der Waals surface area contributed by atoms with Gasteiger partial charge in [0.15, 0.2) is 11.0 Å². The number of hydrogen-bond acceptors (Lipinski definition) is 7. The smallest absolute Gasteiger partial charge is 0.338 e. The van der Waals surface area contributed by atoms with Gasteiger partial charge < -0.3 is 10.1 Å². The summed E-state index contributed by atoms with van der Waals surface area (Å²) in [6, 6.07) is 16.1. The highest BCUT2D eigenvalue weighted by molar-refractivity contribution is 7.99. The lowest BCUT2D eigenvalue weighted by Crippen LogP contribution is -2.15. The van der Waals surface area contributed by atoms with Crippen LogP contribution in [0.3, 0.4) is 0 Å². The van der Waals surface area contributed by atoms with Crippen molar-refractivity contribution in [3.05, 3.63) is 84.4 Å². The van der Waals surface area contributed by atoms with Crippen LogP contribution in [-0.2, 0) is 9.53 Å². The molecule has 0 saturated carbocycles. The Balaban J connectivity index is 1.47. The van der Waals surface area contributed by atoms with Crippen molar-refractivity contribution in [2.75, 3.05) is 17.7 Å². The van der Waals surface area contributed by atoms with Crippen LogP contribution in [0.15, 0.2) is 78.2 Å². The zero-order valence-electron chi connectivity index (χ0n) is 18.8. The Morgan fingerprint density at radius 3 is 2.40 bits per heavy atom. The summed E-state index contributed by atoms with van der Waals surface area (Å²) in [5.74, 6) is -0.394. The Morgan fingerprint density at radius 2 is 1.71 bits per heavy atom. The van der Waals surface area contributed by atoms with E-state index in [4.69, 9.17) is 4.74 Å². The maximum Gasteiger partial charge on any atom is 0.338 e. The van der Waals surface area contributed by atoms with Crippen LogP contribution in [-0.4, -0.2) is 44.0 Å². The second-order valence-electron chi connectivity index (χ2n) is 7.40. The monoisotopic (exact) mass is 491 g/mol. The number of ether oxygens (including phenoxy) is 1. The summed E-state index contributed by atoms with van der Waals surface area (Å²) in [6.07, 6.45) is 4.04. The summed E-state index contributed by atoms with van der Waals surface area (Å²) >= 11 is 1.20. The van der Waals surface area contributed by atoms with Crippen molar-refractivity contribution in [3.8, 4) is 17.1 Å². The largest absolute Gasteiger partial charge is 0.462 e. The highest BCUT2D eigenvalue weighted by Crippen LogP contribution is 2.28. The molecule has 0 bridgehead atoms. The maximum absolute atomic E-state index is 13.5. The van der Waals surface area contributed by atoms with E-state index in [1.54, 1.807) is 65.5 Å². The first-order valence-corrected chi connectivity index (χ1v) is 11.9. The second-order valence-corrected chi connectivity index (χ2v) is 8.35. The van der Waals surface area contributed by atoms with Crippen LogP contribution in [0.5, 0.6) is 0 Å². The van der Waals surface area contributed by atoms with Gasteiger partial charge in [0.25, 0.3) is 0 Å². The normalized spacial score (nSPS) is 10.7. The Hall–Kier alpha value is -4.05. The number of esters is 1. The molecule has 0 saturated heterocycles. The fraction of sp³-hybridized carbons (Fsp3) is 0.160. The van der Waals surface area contributed by atoms with E-state index in [0.29, 0.717) is 34.5 Å². The van der Waals surface area contributed by atoms with Crippen LogP contribution in [0.25, 0.3) is 17.1 Å². The number of hydrogen-bond donors (Lipinski definition) is 1. The highest BCUT2D eigenvalue weighted by atomic mass is 32.2. The molecule has 0 aliphatic carbocycles. The van der Waals surface area contributed by atoms with Gasteiger partial charge in [0, 0.05) is 29.3 Å². The van der Waals surface area contributed by atoms with Gasteiger partial charge in [0.1, 0.15) is 5.82 Å². The van der Waals surface area contributed by atoms with Crippen LogP contribution < -0.4 is 5.32 Å². The number of pyridine rings is 1. The molecule has 0 aliphatic heterocycles. The first-order chi connectivity index (χ1) is 17.0. The highest BCUT2D eigenvalue weighted by Gasteiger charge is 2.17. The molecule has 1 N–H and O–H groups in total. The fourth-order valence-electron chi connectivity index (χ4n) is 3.17. The van der Waals surface area contributed by atoms with Gasteiger partial charge in [-0.2, -0.15) is 0 Å². The number of aromatic nitrogens is 4. The summed E-state index contributed by atoms with van der Waals surface area (Å²) in [7, 11) is 0. The molecule has 1 amide bonds. The van der Waals surface area contributed by atoms with Gasteiger partial charge in [-0.25, -0.2) is 9.18 Å². The number of halogens is 1. The summed E-state index contributed by atoms with van der Waals surface area (Å²) in [4.78, 5) is 28.5. The van der Waals surface area contributed by atoms with Gasteiger partial charge >= 0.3 is 5.97 Å². The zero-order valence-corrected chi connectivity index (χ0v) is 19.7. The van der Waals surface area contributed by atoms with Crippen LogP contribution in [0.4, 0.5) is 10.1 Å². The Bertz CT molecular complexity index is 1300. The molecule has 2 heterocycles. The van der Waals surface area contributed by atoms with Crippen molar-refractivity contribution in [2.45, 2.75) is 18.5 Å². The van der Waals surface area contributed by atoms with Gasteiger partial charge in [-0.3, -0.25) is 14.3 Å². The van der Waals surface area contributed by atoms with Crippen molar-refractivity contribution in [1.29, 1.82) is 0 Å². The third kappa shape index (κ3) is 6.10. The zero-order chi connectivity index (χ0) is 24.6. The van der Waals surface area contributed by atoms with E-state index in [1.807, 2.05) is 6.92 Å². The molecular formula is C25H22FN5O3S. The summed E-state index contributed by atoms with van der Waals surface area (Å²) in [5, 5.41) is 11.8. The minimum Gasteiger partial charge on any atom is -0.462 e. The van der Waals surface area contributed by atoms with E-state index in [9.17, 15) is 14.0 Å². The standard InChI is InChI=1S/C25H22FN5O3S/c1-2-15-34-24(33)18-3-7-20(8-4-18)28-22(32)16-35-25-30-29-23(17-11-13-27-14-12-17)31(25)21-9-5-19(26)6-10-21/h3-14H,2,15-16H2,1H3,(H,28,32). The Morgan fingerprint density at radius 1 is 1.00 bits per heavy atom. The number of anilines is 1. The third-order valence-corrected chi connectivity index (χ3v) is 5.76. The third-order valence-electron chi connectivity index (χ3n) is 4.83. The molecule has 0 radical (unpaired) electrons. The molecule has 10 heteroatoms. The predicted molar refractivity (Wildman–Crippen MR) is 131 cm³/mol. The molecule has 2 aromatic carbocycles. The number of benzene rings is 2. The molecule has 35 heavy (non-hydrogen) atoms. The summed E-state index contributed by atoms with van der Waals surface area (Å²) < 4.78 is 20.4. The number of rotatable bonds is 9. The maximum atomic E-state index is 13.5. The average molecular weight is 492 g/mol. The van der Waals surface area contributed by atoms with E-state index in [2.05, 4.69) is 20.5 Å². The molecule has 2 aromatic heterocycles. The molecular weight excluding hydrogens is 469 g/mol. The molecule has 178 valence electrons. The molecule has 0 unspecified atom stereocenters. The number of carbonyl (C=O) groups is 2. The number of nitrogens with zero attached hydrogens (tertiary/aromatic N) is 4. The van der Waals surface area contributed by atoms with E-state index in [1.165, 1.54) is 23.9 Å². The fourth-order valence-corrected chi connectivity index (χ4v) is 3.92. The van der Waals surface area contributed by atoms with Gasteiger partial charge in [-0.1, -0.05) is 18.7 Å². The van der Waals surface area contributed by atoms with Gasteiger partial charge in [-0.15, -0.1) is 10.2 Å². The number of nitrogens with one attached hydrogen (secondary N) is 1. The van der Waals surface area contributed by atoms with Crippen LogP contribution >= 0.6 is 11.8 Å². The van der Waals surface area contributed by atoms with E-state index < -0.39 is 5.97 Å². The molecule has 0 aliphatic rings. The SMILES string of the molecule is CCCOC(=O)c1ccc(NC(=O)CSc2nnc(-c3ccncc3)n2-c2ccc(F)cc2)cc1.